The maximum Gasteiger partial charge on any atom is 0.234 e. The van der Waals surface area contributed by atoms with Gasteiger partial charge >= 0.3 is 0 Å². The van der Waals surface area contributed by atoms with Crippen LogP contribution in [0.2, 0.25) is 5.02 Å². The number of carbonyl (C=O) groups is 2. The summed E-state index contributed by atoms with van der Waals surface area (Å²) in [7, 11) is 0. The summed E-state index contributed by atoms with van der Waals surface area (Å²) >= 11 is 5.88. The molecule has 0 aromatic heterocycles. The van der Waals surface area contributed by atoms with Gasteiger partial charge in [0.1, 0.15) is 0 Å². The molecular weight excluding hydrogens is 362 g/mol. The number of halogens is 1. The average molecular weight is 392 g/mol. The third kappa shape index (κ3) is 6.22. The Morgan fingerprint density at radius 3 is 2.33 bits per heavy atom. The minimum Gasteiger partial charge on any atom is -0.355 e. The van der Waals surface area contributed by atoms with Gasteiger partial charge in [-0.25, -0.2) is 0 Å². The zero-order chi connectivity index (χ0) is 19.1. The van der Waals surface area contributed by atoms with E-state index in [0.29, 0.717) is 19.0 Å². The summed E-state index contributed by atoms with van der Waals surface area (Å²) in [5.74, 6) is 0.624. The number of amides is 2. The molecule has 0 bridgehead atoms. The quantitative estimate of drug-likeness (QED) is 0.811. The Hall–Kier alpha value is -1.59. The molecule has 2 amide bonds. The summed E-state index contributed by atoms with van der Waals surface area (Å²) in [4.78, 5) is 28.9. The van der Waals surface area contributed by atoms with Crippen molar-refractivity contribution in [3.63, 3.8) is 0 Å². The molecule has 1 saturated heterocycles. The molecule has 6 heteroatoms. The van der Waals surface area contributed by atoms with Gasteiger partial charge in [0.2, 0.25) is 11.8 Å². The lowest BCUT2D eigenvalue weighted by atomic mass is 9.88. The molecule has 1 N–H and O–H groups in total. The van der Waals surface area contributed by atoms with Crippen LogP contribution in [0.3, 0.4) is 0 Å². The molecule has 27 heavy (non-hydrogen) atoms. The topological polar surface area (TPSA) is 52.7 Å². The van der Waals surface area contributed by atoms with Crippen LogP contribution < -0.4 is 5.32 Å². The van der Waals surface area contributed by atoms with Crippen molar-refractivity contribution in [3.05, 3.63) is 34.9 Å². The molecule has 1 saturated carbocycles. The highest BCUT2D eigenvalue weighted by atomic mass is 35.5. The molecule has 1 aliphatic heterocycles. The summed E-state index contributed by atoms with van der Waals surface area (Å²) in [6, 6.07) is 7.70. The number of benzene rings is 1. The van der Waals surface area contributed by atoms with E-state index < -0.39 is 0 Å². The minimum absolute atomic E-state index is 0.0519. The van der Waals surface area contributed by atoms with Crippen LogP contribution in [0.25, 0.3) is 0 Å². The highest BCUT2D eigenvalue weighted by Crippen LogP contribution is 2.25. The van der Waals surface area contributed by atoms with Gasteiger partial charge in [-0.15, -0.1) is 0 Å². The first-order chi connectivity index (χ1) is 13.1. The Bertz CT molecular complexity index is 621. The lowest BCUT2D eigenvalue weighted by Crippen LogP contribution is -2.52. The third-order valence-electron chi connectivity index (χ3n) is 5.65. The Labute approximate surface area is 167 Å². The Balaban J connectivity index is 1.33. The third-order valence-corrected chi connectivity index (χ3v) is 5.91. The van der Waals surface area contributed by atoms with Crippen molar-refractivity contribution in [2.75, 3.05) is 39.3 Å². The minimum atomic E-state index is 0.0519. The van der Waals surface area contributed by atoms with Crippen LogP contribution in [0.5, 0.6) is 0 Å². The van der Waals surface area contributed by atoms with Crippen LogP contribution in [0, 0.1) is 5.92 Å². The van der Waals surface area contributed by atoms with E-state index in [-0.39, 0.29) is 11.8 Å². The first-order valence-corrected chi connectivity index (χ1v) is 10.5. The number of nitrogens with one attached hydrogen (secondary N) is 1. The second kappa shape index (κ2) is 10.1. The smallest absolute Gasteiger partial charge is 0.234 e. The van der Waals surface area contributed by atoms with Gasteiger partial charge in [-0.2, -0.15) is 0 Å². The van der Waals surface area contributed by atoms with Gasteiger partial charge in [0.15, 0.2) is 0 Å². The van der Waals surface area contributed by atoms with Crippen LogP contribution >= 0.6 is 11.6 Å². The molecule has 0 radical (unpaired) electrons. The first-order valence-electron chi connectivity index (χ1n) is 10.1. The second-order valence-electron chi connectivity index (χ2n) is 7.66. The van der Waals surface area contributed by atoms with Crippen LogP contribution in [-0.2, 0) is 16.0 Å². The first kappa shape index (κ1) is 20.2. The van der Waals surface area contributed by atoms with Gasteiger partial charge in [0, 0.05) is 43.7 Å². The molecule has 1 aliphatic carbocycles. The van der Waals surface area contributed by atoms with Crippen molar-refractivity contribution >= 4 is 23.4 Å². The summed E-state index contributed by atoms with van der Waals surface area (Å²) in [5.41, 5.74) is 1.16. The molecule has 0 unspecified atom stereocenters. The molecule has 1 aromatic carbocycles. The molecular formula is C21H30ClN3O2. The van der Waals surface area contributed by atoms with Crippen LogP contribution in [0.15, 0.2) is 24.3 Å². The lowest BCUT2D eigenvalue weighted by molar-refractivity contribution is -0.138. The molecule has 2 aliphatic rings. The summed E-state index contributed by atoms with van der Waals surface area (Å²) in [6.07, 6.45) is 6.54. The molecule has 1 aromatic rings. The normalized spacial score (nSPS) is 19.1. The number of hydrogen-bond donors (Lipinski definition) is 1. The standard InChI is InChI=1S/C21H30ClN3O2/c22-19-8-6-17(7-9-19)10-11-23-20(26)16-24-12-14-25(15-13-24)21(27)18-4-2-1-3-5-18/h6-9,18H,1-5,10-16H2,(H,23,26). The molecule has 0 atom stereocenters. The largest absolute Gasteiger partial charge is 0.355 e. The van der Waals surface area contributed by atoms with E-state index in [1.54, 1.807) is 0 Å². The summed E-state index contributed by atoms with van der Waals surface area (Å²) in [6.45, 7) is 4.08. The predicted molar refractivity (Wildman–Crippen MR) is 108 cm³/mol. The van der Waals surface area contributed by atoms with Gasteiger partial charge in [-0.1, -0.05) is 43.0 Å². The Kier molecular flexibility index (Phi) is 7.53. The molecule has 1 heterocycles. The fourth-order valence-electron chi connectivity index (χ4n) is 3.99. The number of nitrogens with zero attached hydrogens (tertiary/aromatic N) is 2. The average Bonchev–Trinajstić information content (AvgIpc) is 2.70. The molecule has 2 fully saturated rings. The number of rotatable bonds is 6. The van der Waals surface area contributed by atoms with E-state index >= 15 is 0 Å². The maximum absolute atomic E-state index is 12.6. The van der Waals surface area contributed by atoms with Gasteiger partial charge in [-0.3, -0.25) is 14.5 Å². The highest BCUT2D eigenvalue weighted by Gasteiger charge is 2.28. The maximum atomic E-state index is 12.6. The molecule has 5 nitrogen and oxygen atoms in total. The summed E-state index contributed by atoms with van der Waals surface area (Å²) < 4.78 is 0. The molecule has 148 valence electrons. The zero-order valence-electron chi connectivity index (χ0n) is 16.0. The van der Waals surface area contributed by atoms with E-state index in [2.05, 4.69) is 10.2 Å². The van der Waals surface area contributed by atoms with Crippen molar-refractivity contribution < 1.29 is 9.59 Å². The Morgan fingerprint density at radius 2 is 1.67 bits per heavy atom. The monoisotopic (exact) mass is 391 g/mol. The zero-order valence-corrected chi connectivity index (χ0v) is 16.7. The predicted octanol–water partition coefficient (Wildman–Crippen LogP) is 2.72. The number of hydrogen-bond acceptors (Lipinski definition) is 3. The van der Waals surface area contributed by atoms with Crippen molar-refractivity contribution in [2.24, 2.45) is 5.92 Å². The van der Waals surface area contributed by atoms with Gasteiger partial charge < -0.3 is 10.2 Å². The van der Waals surface area contributed by atoms with Crippen LogP contribution in [0.4, 0.5) is 0 Å². The number of piperazine rings is 1. The summed E-state index contributed by atoms with van der Waals surface area (Å²) in [5, 5.41) is 3.71. The van der Waals surface area contributed by atoms with E-state index in [0.717, 1.165) is 56.0 Å². The van der Waals surface area contributed by atoms with Crippen molar-refractivity contribution in [3.8, 4) is 0 Å². The van der Waals surface area contributed by atoms with Crippen molar-refractivity contribution in [1.82, 2.24) is 15.1 Å². The molecule has 3 rings (SSSR count). The van der Waals surface area contributed by atoms with Crippen molar-refractivity contribution in [1.29, 1.82) is 0 Å². The fourth-order valence-corrected chi connectivity index (χ4v) is 4.12. The Morgan fingerprint density at radius 1 is 1.00 bits per heavy atom. The van der Waals surface area contributed by atoms with Gasteiger partial charge in [0.05, 0.1) is 6.54 Å². The van der Waals surface area contributed by atoms with E-state index in [4.69, 9.17) is 11.6 Å². The van der Waals surface area contributed by atoms with E-state index in [1.807, 2.05) is 29.2 Å². The lowest BCUT2D eigenvalue weighted by Gasteiger charge is -2.36. The molecule has 0 spiro atoms. The van der Waals surface area contributed by atoms with E-state index in [1.165, 1.54) is 19.3 Å². The van der Waals surface area contributed by atoms with E-state index in [9.17, 15) is 9.59 Å². The highest BCUT2D eigenvalue weighted by molar-refractivity contribution is 6.30. The SMILES string of the molecule is O=C(CN1CCN(C(=O)C2CCCCC2)CC1)NCCc1ccc(Cl)cc1. The number of carbonyl (C=O) groups excluding carboxylic acids is 2. The van der Waals surface area contributed by atoms with Gasteiger partial charge in [-0.05, 0) is 37.0 Å². The second-order valence-corrected chi connectivity index (χ2v) is 8.10. The van der Waals surface area contributed by atoms with Crippen molar-refractivity contribution in [2.45, 2.75) is 38.5 Å². The fraction of sp³-hybridized carbons (Fsp3) is 0.619. The van der Waals surface area contributed by atoms with Crippen LogP contribution in [0.1, 0.15) is 37.7 Å². The van der Waals surface area contributed by atoms with Crippen LogP contribution in [-0.4, -0.2) is 60.9 Å². The van der Waals surface area contributed by atoms with Gasteiger partial charge in [0.25, 0.3) is 0 Å².